The van der Waals surface area contributed by atoms with Crippen LogP contribution in [0.4, 0.5) is 21.4 Å². The number of carboxylic acids is 2. The largest absolute Gasteiger partial charge is 0.479 e. The number of ether oxygens (including phenoxy) is 8. The second-order valence-electron chi connectivity index (χ2n) is 30.2. The van der Waals surface area contributed by atoms with Crippen LogP contribution in [0.2, 0.25) is 0 Å². The molecule has 3 aromatic carbocycles. The first-order chi connectivity index (χ1) is 53.7. The zero-order valence-electron chi connectivity index (χ0n) is 62.9. The molecule has 3 aliphatic heterocycles. The van der Waals surface area contributed by atoms with Crippen LogP contribution >= 0.6 is 11.3 Å². The molecule has 33 nitrogen and oxygen atoms in total. The highest BCUT2D eigenvalue weighted by atomic mass is 32.1. The number of carboxylic acid groups (broad SMARTS) is 2. The predicted molar refractivity (Wildman–Crippen MR) is 403 cm³/mol. The number of amides is 7. The molecule has 0 radical (unpaired) electrons. The molecule has 600 valence electrons. The van der Waals surface area contributed by atoms with Crippen LogP contribution < -0.4 is 30.9 Å². The lowest BCUT2D eigenvalue weighted by atomic mass is 9.39. The van der Waals surface area contributed by atoms with Gasteiger partial charge in [0.05, 0.1) is 87.2 Å². The molecule has 3 unspecified atom stereocenters. The highest BCUT2D eigenvalue weighted by molar-refractivity contribution is 7.22. The summed E-state index contributed by atoms with van der Waals surface area (Å²) in [6, 6.07) is 21.3. The number of fused-ring (bicyclic) bond motifs is 2. The van der Waals surface area contributed by atoms with E-state index in [0.717, 1.165) is 82.6 Å². The van der Waals surface area contributed by atoms with Crippen molar-refractivity contribution in [1.82, 2.24) is 40.2 Å². The summed E-state index contributed by atoms with van der Waals surface area (Å²) in [5.74, 6) is -5.00. The lowest BCUT2D eigenvalue weighted by Crippen LogP contribution is -2.64. The fourth-order valence-corrected chi connectivity index (χ4v) is 17.9. The van der Waals surface area contributed by atoms with Gasteiger partial charge >= 0.3 is 18.0 Å². The van der Waals surface area contributed by atoms with Crippen LogP contribution in [0.25, 0.3) is 21.3 Å². The Morgan fingerprint density at radius 2 is 1.40 bits per heavy atom. The third-order valence-electron chi connectivity index (χ3n) is 21.1. The molecule has 6 aromatic rings. The van der Waals surface area contributed by atoms with Gasteiger partial charge < -0.3 is 89.2 Å². The Morgan fingerprint density at radius 1 is 0.705 bits per heavy atom. The lowest BCUT2D eigenvalue weighted by molar-refractivity contribution is -0.271. The molecule has 112 heavy (non-hydrogen) atoms. The first kappa shape index (κ1) is 81.6. The number of aliphatic carboxylic acids is 1. The van der Waals surface area contributed by atoms with Crippen LogP contribution in [0, 0.1) is 23.2 Å². The lowest BCUT2D eigenvalue weighted by Gasteiger charge is -2.69. The number of carbonyl (C=O) groups excluding carboxylic acids is 7. The zero-order chi connectivity index (χ0) is 79.5. The van der Waals surface area contributed by atoms with Gasteiger partial charge in [0, 0.05) is 107 Å². The normalized spacial score (nSPS) is 23.6. The number of aromatic nitrogens is 4. The number of aliphatic hydroxyl groups is 3. The summed E-state index contributed by atoms with van der Waals surface area (Å²) in [7, 11) is 1.59. The minimum atomic E-state index is -2.00. The van der Waals surface area contributed by atoms with Gasteiger partial charge in [-0.2, -0.15) is 5.10 Å². The van der Waals surface area contributed by atoms with Gasteiger partial charge in [-0.05, 0) is 127 Å². The molecule has 4 bridgehead atoms. The number of anilines is 3. The number of aromatic carboxylic acids is 1. The number of para-hydroxylation sites is 1. The second-order valence-corrected chi connectivity index (χ2v) is 31.2. The van der Waals surface area contributed by atoms with Gasteiger partial charge in [-0.25, -0.2) is 24.4 Å². The van der Waals surface area contributed by atoms with Gasteiger partial charge in [-0.3, -0.25) is 43.7 Å². The molecule has 9 N–H and O–H groups in total. The van der Waals surface area contributed by atoms with Crippen LogP contribution in [0.5, 0.6) is 5.75 Å². The molecule has 4 aliphatic carbocycles. The number of imide groups is 1. The number of thiazole rings is 1. The Hall–Kier alpha value is -9.88. The highest BCUT2D eigenvalue weighted by Crippen LogP contribution is 2.72. The monoisotopic (exact) mass is 1570 g/mol. The highest BCUT2D eigenvalue weighted by Gasteiger charge is 2.66. The number of likely N-dealkylation sites (N-methyl/N-ethyl adjacent to an activating group) is 1. The first-order valence-electron chi connectivity index (χ1n) is 37.4. The van der Waals surface area contributed by atoms with E-state index in [1.54, 1.807) is 25.4 Å². The maximum Gasteiger partial charge on any atom is 0.409 e. The van der Waals surface area contributed by atoms with Crippen molar-refractivity contribution in [2.24, 2.45) is 16.2 Å². The smallest absolute Gasteiger partial charge is 0.409 e. The van der Waals surface area contributed by atoms with Crippen molar-refractivity contribution < 1.29 is 107 Å². The fraction of sp³-hybridized carbons (Fsp3) is 0.513. The molecule has 3 aromatic heterocycles. The number of aliphatic hydroxyl groups excluding tert-OH is 3. The molecule has 34 heteroatoms. The third kappa shape index (κ3) is 19.9. The number of nitrogens with one attached hydrogen (secondary N) is 4. The van der Waals surface area contributed by atoms with Crippen molar-refractivity contribution in [3.63, 3.8) is 0 Å². The van der Waals surface area contributed by atoms with Crippen LogP contribution in [0.3, 0.4) is 0 Å². The number of hydrogen-bond donors (Lipinski definition) is 9. The third-order valence-corrected chi connectivity index (χ3v) is 22.1. The van der Waals surface area contributed by atoms with Crippen LogP contribution in [-0.4, -0.2) is 244 Å². The van der Waals surface area contributed by atoms with E-state index >= 15 is 0 Å². The maximum absolute atomic E-state index is 13.8. The minimum absolute atomic E-state index is 0.00128. The Labute approximate surface area is 649 Å². The molecule has 7 aliphatic rings. The second kappa shape index (κ2) is 35.9. The number of carbonyl (C=O) groups is 9. The fourth-order valence-electron chi connectivity index (χ4n) is 17.1. The van der Waals surface area contributed by atoms with Gasteiger partial charge in [0.1, 0.15) is 36.5 Å². The van der Waals surface area contributed by atoms with Gasteiger partial charge in [-0.1, -0.05) is 55.5 Å². The average Bonchev–Trinajstić information content (AvgIpc) is 1.03. The van der Waals surface area contributed by atoms with Gasteiger partial charge in [0.2, 0.25) is 24.0 Å². The van der Waals surface area contributed by atoms with E-state index in [1.165, 1.54) is 34.4 Å². The van der Waals surface area contributed by atoms with Gasteiger partial charge in [0.15, 0.2) is 16.9 Å². The molecule has 7 atom stereocenters. The summed E-state index contributed by atoms with van der Waals surface area (Å²) in [6.45, 7) is 10.2. The molecule has 13 rings (SSSR count). The summed E-state index contributed by atoms with van der Waals surface area (Å²) in [4.78, 5) is 128. The molecular formula is C78H95N11O22S. The van der Waals surface area contributed by atoms with Crippen LogP contribution in [0.15, 0.2) is 91.1 Å². The quantitative estimate of drug-likeness (QED) is 0.0173. The summed E-state index contributed by atoms with van der Waals surface area (Å²) < 4.78 is 48.8. The van der Waals surface area contributed by atoms with Crippen molar-refractivity contribution in [3.8, 4) is 16.9 Å². The van der Waals surface area contributed by atoms with E-state index in [2.05, 4.69) is 40.1 Å². The molecule has 6 heterocycles. The molecule has 1 saturated heterocycles. The van der Waals surface area contributed by atoms with Crippen molar-refractivity contribution in [2.45, 2.75) is 141 Å². The molecule has 7 amide bonds. The maximum atomic E-state index is 13.8. The Balaban J connectivity index is 0.592. The van der Waals surface area contributed by atoms with Crippen molar-refractivity contribution in [3.05, 3.63) is 125 Å². The molecule has 0 spiro atoms. The SMILES string of the molecule is Cc1c(-c2ccc(N3CCc4cccc(C(=O)Nc5nc6ccccc6s5)c4C3)nc2C(=O)O)cnn1CC12CC3(C)CC(C)(C1)CC(OCCN(C)C(=O)OCc1ccc(OC4O[C@H](C(=O)O)[C@@H](O)[C@H](O)[C@H]4O)c(NC(=O)CCNC(=O)CCOCCOCCOCCOCCNC(=O)CCN4C(=O)C=CC4=O)c1)(C3)C2. The Bertz CT molecular complexity index is 4440. The van der Waals surface area contributed by atoms with Gasteiger partial charge in [-0.15, -0.1) is 0 Å². The number of benzene rings is 3. The summed E-state index contributed by atoms with van der Waals surface area (Å²) in [5.41, 5.74) is 4.46. The van der Waals surface area contributed by atoms with E-state index in [1.807, 2.05) is 59.0 Å². The van der Waals surface area contributed by atoms with Crippen LogP contribution in [-0.2, 0) is 88.0 Å². The molecule has 4 saturated carbocycles. The summed E-state index contributed by atoms with van der Waals surface area (Å²) in [5, 5.41) is 68.5. The van der Waals surface area contributed by atoms with E-state index in [4.69, 9.17) is 48.0 Å². The number of pyridine rings is 1. The van der Waals surface area contributed by atoms with E-state index in [-0.39, 0.29) is 157 Å². The first-order valence-corrected chi connectivity index (χ1v) is 38.2. The number of rotatable bonds is 38. The van der Waals surface area contributed by atoms with Crippen molar-refractivity contribution in [2.75, 3.05) is 115 Å². The Morgan fingerprint density at radius 3 is 2.12 bits per heavy atom. The summed E-state index contributed by atoms with van der Waals surface area (Å²) >= 11 is 1.40. The molecule has 5 fully saturated rings. The average molecular weight is 1570 g/mol. The van der Waals surface area contributed by atoms with E-state index in [9.17, 15) is 68.7 Å². The molecular weight excluding hydrogens is 1470 g/mol. The number of hydrogen-bond acceptors (Lipinski definition) is 25. The van der Waals surface area contributed by atoms with Crippen LogP contribution in [0.1, 0.15) is 115 Å². The zero-order valence-corrected chi connectivity index (χ0v) is 63.7. The number of nitrogens with zero attached hydrogens (tertiary/aromatic N) is 7. The van der Waals surface area contributed by atoms with Crippen molar-refractivity contribution in [1.29, 1.82) is 0 Å². The van der Waals surface area contributed by atoms with E-state index in [0.29, 0.717) is 59.3 Å². The minimum Gasteiger partial charge on any atom is -0.479 e. The van der Waals surface area contributed by atoms with Gasteiger partial charge in [0.25, 0.3) is 17.7 Å². The predicted octanol–water partition coefficient (Wildman–Crippen LogP) is 5.38. The topological polar surface area (TPSA) is 430 Å². The summed E-state index contributed by atoms with van der Waals surface area (Å²) in [6.07, 6.45) is -0.722. The Kier molecular flexibility index (Phi) is 26.1. The van der Waals surface area contributed by atoms with Crippen molar-refractivity contribution >= 4 is 91.7 Å². The standard InChI is InChI=1S/C78H95N11O22S/c1-47-52(50-13-15-58(84-64(50)70(99)100)87-24-19-49-8-7-9-51(53(49)38-87)69(98)85-73-83-54-10-5-6-11-57(54)112-73)37-81-89(47)46-77-41-75(2)40-76(3,42-77)44-78(43-75,45-77)109-29-26-86(4)74(103)108-39-48-12-14-56(110-72-67(97)65(95)66(96)68(111-72)71(101)102)55(36-48)82-61(92)18-22-79-60(91)21-27-104-30-32-106-34-35-107-33-31-105-28-23-80-59(90)20-25-88-62(93)16-17-63(88)94/h5-17,36-37,65-68,72,95-97H,18-35,38-46H2,1-4H3,(H,79,91)(H,80,90)(H,82,92)(H,99,100)(H,101,102)(H,83,85,98)/t65-,66-,67+,68-,72?,75?,76?,77?,78?/m0/s1. The van der Waals surface area contributed by atoms with E-state index < -0.39 is 78.0 Å².